The second-order valence-corrected chi connectivity index (χ2v) is 5.18. The van der Waals surface area contributed by atoms with Gasteiger partial charge in [-0.3, -0.25) is 4.98 Å². The molecule has 0 saturated heterocycles. The summed E-state index contributed by atoms with van der Waals surface area (Å²) in [6.07, 6.45) is 5.09. The topological polar surface area (TPSA) is 28.7 Å². The van der Waals surface area contributed by atoms with Gasteiger partial charge in [-0.25, -0.2) is 0 Å². The zero-order chi connectivity index (χ0) is 11.7. The fraction of sp³-hybridized carbons (Fsp3) is 0.500. The van der Waals surface area contributed by atoms with Crippen LogP contribution >= 0.6 is 0 Å². The van der Waals surface area contributed by atoms with Crippen molar-refractivity contribution in [3.63, 3.8) is 0 Å². The molecule has 2 nitrogen and oxygen atoms in total. The molecule has 1 N–H and O–H groups in total. The molecule has 0 spiro atoms. The fourth-order valence-electron chi connectivity index (χ4n) is 2.12. The van der Waals surface area contributed by atoms with Gasteiger partial charge in [0.1, 0.15) is 0 Å². The van der Waals surface area contributed by atoms with Crippen LogP contribution < -0.4 is 0 Å². The lowest BCUT2D eigenvalue weighted by Crippen LogP contribution is -2.00. The maximum absolute atomic E-state index is 4.62. The van der Waals surface area contributed by atoms with Crippen LogP contribution in [0.4, 0.5) is 0 Å². The van der Waals surface area contributed by atoms with E-state index in [9.17, 15) is 0 Å². The van der Waals surface area contributed by atoms with E-state index >= 15 is 0 Å². The van der Waals surface area contributed by atoms with Crippen molar-refractivity contribution in [2.45, 2.75) is 40.0 Å². The summed E-state index contributed by atoms with van der Waals surface area (Å²) in [5.41, 5.74) is 3.80. The molecule has 16 heavy (non-hydrogen) atoms. The third-order valence-corrected chi connectivity index (χ3v) is 2.93. The Morgan fingerprint density at radius 1 is 1.25 bits per heavy atom. The summed E-state index contributed by atoms with van der Waals surface area (Å²) in [6, 6.07) is 2.14. The average Bonchev–Trinajstić information content (AvgIpc) is 2.65. The summed E-state index contributed by atoms with van der Waals surface area (Å²) >= 11 is 0. The van der Waals surface area contributed by atoms with Crippen molar-refractivity contribution in [3.8, 4) is 0 Å². The van der Waals surface area contributed by atoms with E-state index in [4.69, 9.17) is 0 Å². The molecule has 86 valence electrons. The van der Waals surface area contributed by atoms with Gasteiger partial charge < -0.3 is 4.98 Å². The van der Waals surface area contributed by atoms with Crippen LogP contribution in [0, 0.1) is 5.92 Å². The summed E-state index contributed by atoms with van der Waals surface area (Å²) < 4.78 is 0. The van der Waals surface area contributed by atoms with E-state index in [1.165, 1.54) is 22.2 Å². The minimum absolute atomic E-state index is 0.516. The Morgan fingerprint density at radius 3 is 2.62 bits per heavy atom. The molecule has 0 aliphatic carbocycles. The van der Waals surface area contributed by atoms with Crippen LogP contribution in [0.25, 0.3) is 10.9 Å². The molecule has 0 aromatic carbocycles. The van der Waals surface area contributed by atoms with Crippen LogP contribution in [0.3, 0.4) is 0 Å². The SMILES string of the molecule is CC(C)Cc1ncc(C(C)C)c2[nH]ccc12. The number of pyridine rings is 1. The predicted octanol–water partition coefficient (Wildman–Crippen LogP) is 3.88. The second kappa shape index (κ2) is 4.28. The highest BCUT2D eigenvalue weighted by Crippen LogP contribution is 2.26. The minimum atomic E-state index is 0.516. The summed E-state index contributed by atoms with van der Waals surface area (Å²) in [5, 5.41) is 1.29. The molecule has 0 fully saturated rings. The van der Waals surface area contributed by atoms with Gasteiger partial charge in [-0.15, -0.1) is 0 Å². The molecule has 0 aliphatic heterocycles. The highest BCUT2D eigenvalue weighted by atomic mass is 14.7. The number of aromatic amines is 1. The first-order valence-corrected chi connectivity index (χ1v) is 6.04. The standard InChI is InChI=1S/C14H20N2/c1-9(2)7-13-11-5-6-15-14(11)12(8-16-13)10(3)4/h5-6,8-10,15H,7H2,1-4H3. The Kier molecular flexibility index (Phi) is 2.99. The van der Waals surface area contributed by atoms with Crippen LogP contribution in [0.5, 0.6) is 0 Å². The van der Waals surface area contributed by atoms with Gasteiger partial charge in [0, 0.05) is 23.5 Å². The normalized spacial score (nSPS) is 11.9. The lowest BCUT2D eigenvalue weighted by molar-refractivity contribution is 0.638. The van der Waals surface area contributed by atoms with Crippen molar-refractivity contribution in [1.82, 2.24) is 9.97 Å². The van der Waals surface area contributed by atoms with Crippen LogP contribution in [0.1, 0.15) is 44.9 Å². The quantitative estimate of drug-likeness (QED) is 0.828. The zero-order valence-electron chi connectivity index (χ0n) is 10.5. The number of aromatic nitrogens is 2. The second-order valence-electron chi connectivity index (χ2n) is 5.18. The van der Waals surface area contributed by atoms with E-state index in [2.05, 4.69) is 43.7 Å². The molecule has 0 atom stereocenters. The maximum atomic E-state index is 4.62. The molecule has 0 aliphatic rings. The lowest BCUT2D eigenvalue weighted by atomic mass is 9.99. The molecule has 0 amide bonds. The molecule has 2 heteroatoms. The number of hydrogen-bond donors (Lipinski definition) is 1. The number of fused-ring (bicyclic) bond motifs is 1. The summed E-state index contributed by atoms with van der Waals surface area (Å²) in [6.45, 7) is 8.88. The van der Waals surface area contributed by atoms with E-state index in [1.807, 2.05) is 12.4 Å². The Morgan fingerprint density at radius 2 is 2.00 bits per heavy atom. The zero-order valence-corrected chi connectivity index (χ0v) is 10.5. The fourth-order valence-corrected chi connectivity index (χ4v) is 2.12. The van der Waals surface area contributed by atoms with Crippen LogP contribution in [0.15, 0.2) is 18.5 Å². The molecule has 2 aromatic heterocycles. The average molecular weight is 216 g/mol. The molecule has 0 bridgehead atoms. The van der Waals surface area contributed by atoms with Crippen molar-refractivity contribution >= 4 is 10.9 Å². The van der Waals surface area contributed by atoms with Gasteiger partial charge in [0.15, 0.2) is 0 Å². The monoisotopic (exact) mass is 216 g/mol. The van der Waals surface area contributed by atoms with Gasteiger partial charge in [-0.05, 0) is 29.9 Å². The van der Waals surface area contributed by atoms with E-state index in [1.54, 1.807) is 0 Å². The summed E-state index contributed by atoms with van der Waals surface area (Å²) in [4.78, 5) is 7.96. The predicted molar refractivity (Wildman–Crippen MR) is 68.7 cm³/mol. The largest absolute Gasteiger partial charge is 0.361 e. The Balaban J connectivity index is 2.55. The smallest absolute Gasteiger partial charge is 0.0523 e. The van der Waals surface area contributed by atoms with Crippen molar-refractivity contribution in [1.29, 1.82) is 0 Å². The molecular formula is C14H20N2. The first-order chi connectivity index (χ1) is 7.59. The highest BCUT2D eigenvalue weighted by molar-refractivity contribution is 5.84. The lowest BCUT2D eigenvalue weighted by Gasteiger charge is -2.11. The third-order valence-electron chi connectivity index (χ3n) is 2.93. The van der Waals surface area contributed by atoms with E-state index in [0.717, 1.165) is 6.42 Å². The number of rotatable bonds is 3. The van der Waals surface area contributed by atoms with Crippen molar-refractivity contribution < 1.29 is 0 Å². The number of nitrogens with zero attached hydrogens (tertiary/aromatic N) is 1. The number of hydrogen-bond acceptors (Lipinski definition) is 1. The van der Waals surface area contributed by atoms with Gasteiger partial charge in [0.2, 0.25) is 0 Å². The summed E-state index contributed by atoms with van der Waals surface area (Å²) in [7, 11) is 0. The highest BCUT2D eigenvalue weighted by Gasteiger charge is 2.11. The third kappa shape index (κ3) is 1.97. The van der Waals surface area contributed by atoms with Gasteiger partial charge in [0.25, 0.3) is 0 Å². The van der Waals surface area contributed by atoms with E-state index < -0.39 is 0 Å². The van der Waals surface area contributed by atoms with Crippen molar-refractivity contribution in [2.75, 3.05) is 0 Å². The van der Waals surface area contributed by atoms with Crippen LogP contribution in [-0.2, 0) is 6.42 Å². The van der Waals surface area contributed by atoms with Crippen molar-refractivity contribution in [2.24, 2.45) is 5.92 Å². The van der Waals surface area contributed by atoms with Gasteiger partial charge in [0.05, 0.1) is 5.52 Å². The maximum Gasteiger partial charge on any atom is 0.0523 e. The van der Waals surface area contributed by atoms with Crippen LogP contribution in [0.2, 0.25) is 0 Å². The van der Waals surface area contributed by atoms with Crippen molar-refractivity contribution in [3.05, 3.63) is 29.7 Å². The number of nitrogens with one attached hydrogen (secondary N) is 1. The van der Waals surface area contributed by atoms with Gasteiger partial charge in [-0.1, -0.05) is 27.7 Å². The Bertz CT molecular complexity index is 480. The van der Waals surface area contributed by atoms with E-state index in [-0.39, 0.29) is 0 Å². The molecule has 0 unspecified atom stereocenters. The Labute approximate surface area is 97.1 Å². The Hall–Kier alpha value is -1.31. The van der Waals surface area contributed by atoms with Gasteiger partial charge in [-0.2, -0.15) is 0 Å². The van der Waals surface area contributed by atoms with Gasteiger partial charge >= 0.3 is 0 Å². The van der Waals surface area contributed by atoms with E-state index in [0.29, 0.717) is 11.8 Å². The molecule has 2 rings (SSSR count). The minimum Gasteiger partial charge on any atom is -0.361 e. The molecule has 0 saturated carbocycles. The molecular weight excluding hydrogens is 196 g/mol. The molecule has 0 radical (unpaired) electrons. The summed E-state index contributed by atoms with van der Waals surface area (Å²) in [5.74, 6) is 1.16. The first-order valence-electron chi connectivity index (χ1n) is 6.04. The number of H-pyrrole nitrogens is 1. The molecule has 2 aromatic rings. The molecule has 2 heterocycles. The van der Waals surface area contributed by atoms with Crippen LogP contribution in [-0.4, -0.2) is 9.97 Å². The first kappa shape index (κ1) is 11.2.